The Labute approximate surface area is 131 Å². The van der Waals surface area contributed by atoms with Crippen LogP contribution in [-0.2, 0) is 9.59 Å². The highest BCUT2D eigenvalue weighted by Gasteiger charge is 2.22. The predicted molar refractivity (Wildman–Crippen MR) is 85.7 cm³/mol. The first-order valence-electron chi connectivity index (χ1n) is 7.38. The fraction of sp³-hybridized carbons (Fsp3) is 0.412. The number of carbonyl (C=O) groups is 2. The largest absolute Gasteiger partial charge is 0.494 e. The summed E-state index contributed by atoms with van der Waals surface area (Å²) in [5.74, 6) is -0.847. The van der Waals surface area contributed by atoms with Gasteiger partial charge < -0.3 is 15.2 Å². The van der Waals surface area contributed by atoms with E-state index in [0.717, 1.165) is 17.7 Å². The highest BCUT2D eigenvalue weighted by molar-refractivity contribution is 5.94. The predicted octanol–water partition coefficient (Wildman–Crippen LogP) is 2.71. The number of amides is 1. The Hall–Kier alpha value is -2.30. The van der Waals surface area contributed by atoms with E-state index in [-0.39, 0.29) is 5.92 Å². The Morgan fingerprint density at radius 1 is 1.27 bits per heavy atom. The van der Waals surface area contributed by atoms with Crippen molar-refractivity contribution in [3.8, 4) is 5.75 Å². The molecule has 0 saturated heterocycles. The molecule has 0 heterocycles. The average Bonchev–Trinajstić information content (AvgIpc) is 2.49. The quantitative estimate of drug-likeness (QED) is 0.724. The van der Waals surface area contributed by atoms with E-state index in [1.165, 1.54) is 6.08 Å². The first kappa shape index (κ1) is 17.8. The van der Waals surface area contributed by atoms with Crippen LogP contribution >= 0.6 is 0 Å². The molecule has 1 aromatic rings. The van der Waals surface area contributed by atoms with Crippen LogP contribution in [0, 0.1) is 5.92 Å². The summed E-state index contributed by atoms with van der Waals surface area (Å²) in [4.78, 5) is 22.8. The van der Waals surface area contributed by atoms with Crippen LogP contribution in [0.25, 0.3) is 6.08 Å². The molecule has 0 aliphatic heterocycles. The zero-order valence-electron chi connectivity index (χ0n) is 13.2. The fourth-order valence-electron chi connectivity index (χ4n) is 1.78. The molecular weight excluding hydrogens is 282 g/mol. The van der Waals surface area contributed by atoms with Gasteiger partial charge in [0.05, 0.1) is 6.61 Å². The summed E-state index contributed by atoms with van der Waals surface area (Å²) in [6, 6.07) is 6.46. The molecule has 1 rings (SSSR count). The first-order valence-corrected chi connectivity index (χ1v) is 7.38. The van der Waals surface area contributed by atoms with Crippen LogP contribution in [0.4, 0.5) is 0 Å². The summed E-state index contributed by atoms with van der Waals surface area (Å²) < 4.78 is 5.47. The summed E-state index contributed by atoms with van der Waals surface area (Å²) in [5, 5.41) is 11.5. The molecule has 1 atom stereocenters. The minimum Gasteiger partial charge on any atom is -0.494 e. The first-order chi connectivity index (χ1) is 10.4. The highest BCUT2D eigenvalue weighted by atomic mass is 16.5. The minimum absolute atomic E-state index is 0.176. The van der Waals surface area contributed by atoms with Crippen molar-refractivity contribution in [1.29, 1.82) is 0 Å². The molecular formula is C17H23NO4. The van der Waals surface area contributed by atoms with Gasteiger partial charge in [-0.3, -0.25) is 4.79 Å². The average molecular weight is 305 g/mol. The van der Waals surface area contributed by atoms with Crippen molar-refractivity contribution in [1.82, 2.24) is 5.32 Å². The molecule has 2 N–H and O–H groups in total. The van der Waals surface area contributed by atoms with Crippen molar-refractivity contribution < 1.29 is 19.4 Å². The summed E-state index contributed by atoms with van der Waals surface area (Å²) >= 11 is 0. The van der Waals surface area contributed by atoms with Gasteiger partial charge in [0.25, 0.3) is 0 Å². The van der Waals surface area contributed by atoms with Gasteiger partial charge in [-0.25, -0.2) is 4.79 Å². The van der Waals surface area contributed by atoms with Crippen molar-refractivity contribution >= 4 is 18.0 Å². The third kappa shape index (κ3) is 5.99. The van der Waals surface area contributed by atoms with E-state index < -0.39 is 17.9 Å². The summed E-state index contributed by atoms with van der Waals surface area (Å²) in [7, 11) is 0. The van der Waals surface area contributed by atoms with Gasteiger partial charge in [0.2, 0.25) is 5.91 Å². The second kappa shape index (κ2) is 8.87. The zero-order valence-corrected chi connectivity index (χ0v) is 13.2. The number of ether oxygens (including phenoxy) is 1. The molecule has 1 aromatic carbocycles. The maximum absolute atomic E-state index is 11.8. The smallest absolute Gasteiger partial charge is 0.326 e. The van der Waals surface area contributed by atoms with E-state index >= 15 is 0 Å². The molecule has 0 aliphatic carbocycles. The molecule has 0 bridgehead atoms. The second-order valence-electron chi connectivity index (χ2n) is 5.32. The molecule has 5 nitrogen and oxygen atoms in total. The minimum atomic E-state index is -1.03. The Kier molecular flexibility index (Phi) is 7.16. The second-order valence-corrected chi connectivity index (χ2v) is 5.32. The number of aliphatic carboxylic acids is 1. The van der Waals surface area contributed by atoms with Crippen LogP contribution in [-0.4, -0.2) is 29.6 Å². The standard InChI is InChI=1S/C17H23NO4/c1-4-11-22-14-8-5-13(6-9-14)7-10-15(19)18-16(12(2)3)17(20)21/h5-10,12,16H,4,11H2,1-3H3,(H,18,19)(H,20,21)/b10-7+/t16-/m0/s1. The number of rotatable bonds is 8. The maximum Gasteiger partial charge on any atom is 0.326 e. The van der Waals surface area contributed by atoms with E-state index in [9.17, 15) is 9.59 Å². The molecule has 0 saturated carbocycles. The molecule has 22 heavy (non-hydrogen) atoms. The molecule has 0 aromatic heterocycles. The van der Waals surface area contributed by atoms with E-state index in [0.29, 0.717) is 6.61 Å². The van der Waals surface area contributed by atoms with Crippen LogP contribution in [0.1, 0.15) is 32.8 Å². The number of hydrogen-bond donors (Lipinski definition) is 2. The maximum atomic E-state index is 11.8. The van der Waals surface area contributed by atoms with Gasteiger partial charge in [0.1, 0.15) is 11.8 Å². The lowest BCUT2D eigenvalue weighted by atomic mass is 10.0. The monoisotopic (exact) mass is 305 g/mol. The normalized spacial score (nSPS) is 12.4. The summed E-state index contributed by atoms with van der Waals surface area (Å²) in [5.41, 5.74) is 0.843. The third-order valence-electron chi connectivity index (χ3n) is 3.01. The van der Waals surface area contributed by atoms with Gasteiger partial charge in [0.15, 0.2) is 0 Å². The van der Waals surface area contributed by atoms with E-state index in [1.54, 1.807) is 19.9 Å². The summed E-state index contributed by atoms with van der Waals surface area (Å²) in [6.45, 7) is 6.20. The Morgan fingerprint density at radius 2 is 1.91 bits per heavy atom. The highest BCUT2D eigenvalue weighted by Crippen LogP contribution is 2.13. The van der Waals surface area contributed by atoms with Gasteiger partial charge >= 0.3 is 5.97 Å². The number of hydrogen-bond acceptors (Lipinski definition) is 3. The van der Waals surface area contributed by atoms with Crippen molar-refractivity contribution in [2.24, 2.45) is 5.92 Å². The van der Waals surface area contributed by atoms with Gasteiger partial charge in [-0.2, -0.15) is 0 Å². The van der Waals surface area contributed by atoms with Gasteiger partial charge in [-0.15, -0.1) is 0 Å². The molecule has 0 spiro atoms. The fourth-order valence-corrected chi connectivity index (χ4v) is 1.78. The number of carboxylic acid groups (broad SMARTS) is 1. The number of carboxylic acids is 1. The van der Waals surface area contributed by atoms with Gasteiger partial charge in [0, 0.05) is 6.08 Å². The lowest BCUT2D eigenvalue weighted by Gasteiger charge is -2.16. The van der Waals surface area contributed by atoms with E-state index in [2.05, 4.69) is 5.32 Å². The molecule has 0 aliphatic rings. The van der Waals surface area contributed by atoms with Crippen LogP contribution in [0.3, 0.4) is 0 Å². The Morgan fingerprint density at radius 3 is 2.41 bits per heavy atom. The van der Waals surface area contributed by atoms with Crippen molar-refractivity contribution in [3.63, 3.8) is 0 Å². The topological polar surface area (TPSA) is 75.6 Å². The Balaban J connectivity index is 2.59. The SMILES string of the molecule is CCCOc1ccc(/C=C/C(=O)N[C@H](C(=O)O)C(C)C)cc1. The van der Waals surface area contributed by atoms with Crippen LogP contribution in [0.5, 0.6) is 5.75 Å². The van der Waals surface area contributed by atoms with Crippen molar-refractivity contribution in [2.45, 2.75) is 33.2 Å². The van der Waals surface area contributed by atoms with Crippen molar-refractivity contribution in [3.05, 3.63) is 35.9 Å². The number of nitrogens with one attached hydrogen (secondary N) is 1. The molecule has 0 radical (unpaired) electrons. The van der Waals surface area contributed by atoms with Crippen LogP contribution in [0.2, 0.25) is 0 Å². The van der Waals surface area contributed by atoms with E-state index in [1.807, 2.05) is 31.2 Å². The summed E-state index contributed by atoms with van der Waals surface area (Å²) in [6.07, 6.45) is 3.92. The van der Waals surface area contributed by atoms with Gasteiger partial charge in [-0.1, -0.05) is 32.9 Å². The zero-order chi connectivity index (χ0) is 16.5. The molecule has 0 fully saturated rings. The van der Waals surface area contributed by atoms with Crippen LogP contribution in [0.15, 0.2) is 30.3 Å². The lowest BCUT2D eigenvalue weighted by molar-refractivity contribution is -0.142. The Bertz CT molecular complexity index is 520. The van der Waals surface area contributed by atoms with Gasteiger partial charge in [-0.05, 0) is 36.1 Å². The molecule has 1 amide bonds. The lowest BCUT2D eigenvalue weighted by Crippen LogP contribution is -2.43. The number of carbonyl (C=O) groups excluding carboxylic acids is 1. The molecule has 120 valence electrons. The van der Waals surface area contributed by atoms with E-state index in [4.69, 9.17) is 9.84 Å². The molecule has 0 unspecified atom stereocenters. The molecule has 5 heteroatoms. The third-order valence-corrected chi connectivity index (χ3v) is 3.01. The van der Waals surface area contributed by atoms with Crippen LogP contribution < -0.4 is 10.1 Å². The number of benzene rings is 1. The van der Waals surface area contributed by atoms with Crippen molar-refractivity contribution in [2.75, 3.05) is 6.61 Å².